The van der Waals surface area contributed by atoms with Crippen LogP contribution in [0.2, 0.25) is 18.1 Å². The smallest absolute Gasteiger partial charge is 0.306 e. The lowest BCUT2D eigenvalue weighted by molar-refractivity contribution is -0.197. The highest BCUT2D eigenvalue weighted by Gasteiger charge is 2.47. The molecule has 194 valence electrons. The van der Waals surface area contributed by atoms with Crippen molar-refractivity contribution in [2.75, 3.05) is 19.8 Å². The first kappa shape index (κ1) is 27.6. The first-order valence-electron chi connectivity index (χ1n) is 13.5. The van der Waals surface area contributed by atoms with E-state index in [4.69, 9.17) is 18.6 Å². The maximum Gasteiger partial charge on any atom is 0.306 e. The maximum absolute atomic E-state index is 11.6. The van der Waals surface area contributed by atoms with E-state index in [1.165, 1.54) is 18.4 Å². The predicted molar refractivity (Wildman–Crippen MR) is 139 cm³/mol. The van der Waals surface area contributed by atoms with Gasteiger partial charge in [-0.3, -0.25) is 4.79 Å². The third-order valence-electron chi connectivity index (χ3n) is 8.34. The molecular formula is C28H48O5Si. The molecule has 34 heavy (non-hydrogen) atoms. The topological polar surface area (TPSA) is 54.0 Å². The molecule has 5 atom stereocenters. The molecule has 0 spiro atoms. The summed E-state index contributed by atoms with van der Waals surface area (Å²) in [6, 6.07) is 0. The van der Waals surface area contributed by atoms with Crippen LogP contribution in [-0.2, 0) is 23.4 Å². The van der Waals surface area contributed by atoms with E-state index in [9.17, 15) is 4.79 Å². The van der Waals surface area contributed by atoms with Crippen molar-refractivity contribution in [1.29, 1.82) is 0 Å². The summed E-state index contributed by atoms with van der Waals surface area (Å²) in [6.45, 7) is 15.5. The number of allylic oxidation sites excluding steroid dienone is 4. The molecule has 0 amide bonds. The fourth-order valence-electron chi connectivity index (χ4n) is 5.25. The zero-order valence-electron chi connectivity index (χ0n) is 22.4. The Morgan fingerprint density at radius 2 is 2.03 bits per heavy atom. The Morgan fingerprint density at radius 3 is 2.71 bits per heavy atom. The molecule has 0 bridgehead atoms. The minimum absolute atomic E-state index is 0.0551. The highest BCUT2D eigenvalue weighted by Crippen LogP contribution is 2.48. The van der Waals surface area contributed by atoms with Crippen LogP contribution in [0, 0.1) is 17.8 Å². The van der Waals surface area contributed by atoms with Gasteiger partial charge in [-0.25, -0.2) is 0 Å². The predicted octanol–water partition coefficient (Wildman–Crippen LogP) is 6.79. The summed E-state index contributed by atoms with van der Waals surface area (Å²) >= 11 is 0. The Kier molecular flexibility index (Phi) is 10.0. The highest BCUT2D eigenvalue weighted by molar-refractivity contribution is 6.74. The van der Waals surface area contributed by atoms with E-state index in [1.807, 2.05) is 6.92 Å². The number of carbonyl (C=O) groups excluding carboxylic acids is 1. The zero-order valence-corrected chi connectivity index (χ0v) is 23.4. The number of esters is 1. The molecule has 1 aliphatic heterocycles. The Morgan fingerprint density at radius 1 is 1.24 bits per heavy atom. The van der Waals surface area contributed by atoms with Crippen LogP contribution in [0.5, 0.6) is 0 Å². The van der Waals surface area contributed by atoms with Crippen LogP contribution in [0.25, 0.3) is 0 Å². The summed E-state index contributed by atoms with van der Waals surface area (Å²) in [5, 5.41) is 0.210. The molecule has 3 aliphatic rings. The first-order chi connectivity index (χ1) is 16.1. The molecule has 0 N–H and O–H groups in total. The van der Waals surface area contributed by atoms with E-state index in [0.29, 0.717) is 30.8 Å². The van der Waals surface area contributed by atoms with Gasteiger partial charge in [-0.1, -0.05) is 44.6 Å². The van der Waals surface area contributed by atoms with Crippen LogP contribution in [0.3, 0.4) is 0 Å². The van der Waals surface area contributed by atoms with Crippen LogP contribution in [0.4, 0.5) is 0 Å². The van der Waals surface area contributed by atoms with E-state index >= 15 is 0 Å². The van der Waals surface area contributed by atoms with Gasteiger partial charge in [0.15, 0.2) is 14.6 Å². The summed E-state index contributed by atoms with van der Waals surface area (Å²) in [4.78, 5) is 11.6. The fourth-order valence-corrected chi connectivity index (χ4v) is 6.29. The van der Waals surface area contributed by atoms with Crippen molar-refractivity contribution in [3.8, 4) is 0 Å². The number of rotatable bonds is 10. The number of hydrogen-bond donors (Lipinski definition) is 0. The molecular weight excluding hydrogens is 444 g/mol. The monoisotopic (exact) mass is 492 g/mol. The average Bonchev–Trinajstić information content (AvgIpc) is 3.11. The van der Waals surface area contributed by atoms with Crippen molar-refractivity contribution in [3.05, 3.63) is 23.8 Å². The summed E-state index contributed by atoms with van der Waals surface area (Å²) in [5.41, 5.74) is 1.39. The molecule has 1 saturated carbocycles. The standard InChI is InChI=1S/C28H48O5Si/c1-7-30-26(29)13-9-8-12-21-15-16-23-22(18-21)19-25(33-27-14-10-11-17-31-27)24(23)20-32-34(5,6)28(2,3)4/h8,12,18,22-25,27H,7,9-11,13-17,19-20H2,1-6H3/t22-,23-,24+,25-,27?/m1/s1. The van der Waals surface area contributed by atoms with Crippen molar-refractivity contribution in [3.63, 3.8) is 0 Å². The number of ether oxygens (including phenoxy) is 3. The van der Waals surface area contributed by atoms with Crippen molar-refractivity contribution in [2.45, 2.75) is 110 Å². The normalized spacial score (nSPS) is 30.3. The number of hydrogen-bond acceptors (Lipinski definition) is 5. The molecule has 1 unspecified atom stereocenters. The maximum atomic E-state index is 11.6. The van der Waals surface area contributed by atoms with Crippen LogP contribution in [0.15, 0.2) is 23.8 Å². The van der Waals surface area contributed by atoms with Gasteiger partial charge >= 0.3 is 5.97 Å². The summed E-state index contributed by atoms with van der Waals surface area (Å²) in [5.74, 6) is 1.44. The van der Waals surface area contributed by atoms with Crippen LogP contribution < -0.4 is 0 Å². The first-order valence-corrected chi connectivity index (χ1v) is 16.5. The fraction of sp³-hybridized carbons (Fsp3) is 0.821. The minimum Gasteiger partial charge on any atom is -0.466 e. The largest absolute Gasteiger partial charge is 0.466 e. The van der Waals surface area contributed by atoms with Crippen LogP contribution in [-0.4, -0.2) is 46.5 Å². The SMILES string of the molecule is CCOC(=O)CCC=CC1=C[C@@H]2C[C@@H](OC3CCCCO3)[C@@H](CO[Si](C)(C)C(C)(C)C)[C@@H]2CC1. The van der Waals surface area contributed by atoms with Gasteiger partial charge in [0.25, 0.3) is 0 Å². The van der Waals surface area contributed by atoms with Gasteiger partial charge < -0.3 is 18.6 Å². The van der Waals surface area contributed by atoms with E-state index in [2.05, 4.69) is 52.1 Å². The van der Waals surface area contributed by atoms with Gasteiger partial charge in [0.2, 0.25) is 0 Å². The summed E-state index contributed by atoms with van der Waals surface area (Å²) in [7, 11) is -1.81. The third kappa shape index (κ3) is 7.52. The molecule has 0 aromatic rings. The van der Waals surface area contributed by atoms with Gasteiger partial charge in [0, 0.05) is 25.6 Å². The van der Waals surface area contributed by atoms with E-state index in [0.717, 1.165) is 45.3 Å². The Hall–Kier alpha value is -0.953. The lowest BCUT2D eigenvalue weighted by Crippen LogP contribution is -2.44. The second-order valence-corrected chi connectivity index (χ2v) is 16.6. The van der Waals surface area contributed by atoms with E-state index < -0.39 is 8.32 Å². The Labute approximate surface area is 208 Å². The zero-order chi connectivity index (χ0) is 24.8. The molecule has 1 saturated heterocycles. The van der Waals surface area contributed by atoms with Gasteiger partial charge in [-0.2, -0.15) is 0 Å². The number of carbonyl (C=O) groups is 1. The molecule has 2 fully saturated rings. The molecule has 3 rings (SSSR count). The molecule has 0 aromatic carbocycles. The Balaban J connectivity index is 1.65. The lowest BCUT2D eigenvalue weighted by atomic mass is 9.79. The molecule has 1 heterocycles. The van der Waals surface area contributed by atoms with Gasteiger partial charge in [0.1, 0.15) is 0 Å². The van der Waals surface area contributed by atoms with Crippen molar-refractivity contribution < 1.29 is 23.4 Å². The lowest BCUT2D eigenvalue weighted by Gasteiger charge is -2.39. The van der Waals surface area contributed by atoms with Crippen molar-refractivity contribution in [2.24, 2.45) is 17.8 Å². The minimum atomic E-state index is -1.81. The second-order valence-electron chi connectivity index (χ2n) is 11.8. The van der Waals surface area contributed by atoms with Gasteiger partial charge in [-0.05, 0) is 81.8 Å². The van der Waals surface area contributed by atoms with E-state index in [-0.39, 0.29) is 23.4 Å². The van der Waals surface area contributed by atoms with Crippen LogP contribution >= 0.6 is 0 Å². The number of fused-ring (bicyclic) bond motifs is 1. The van der Waals surface area contributed by atoms with Crippen LogP contribution in [0.1, 0.15) is 79.1 Å². The van der Waals surface area contributed by atoms with E-state index in [1.54, 1.807) is 0 Å². The van der Waals surface area contributed by atoms with Gasteiger partial charge in [0.05, 0.1) is 12.7 Å². The van der Waals surface area contributed by atoms with Gasteiger partial charge in [-0.15, -0.1) is 0 Å². The van der Waals surface area contributed by atoms with Crippen molar-refractivity contribution >= 4 is 14.3 Å². The highest BCUT2D eigenvalue weighted by atomic mass is 28.4. The summed E-state index contributed by atoms with van der Waals surface area (Å²) < 4.78 is 24.3. The molecule has 5 nitrogen and oxygen atoms in total. The molecule has 0 radical (unpaired) electrons. The summed E-state index contributed by atoms with van der Waals surface area (Å²) in [6.07, 6.45) is 14.8. The third-order valence-corrected chi connectivity index (χ3v) is 12.8. The second kappa shape index (κ2) is 12.3. The average molecular weight is 493 g/mol. The quantitative estimate of drug-likeness (QED) is 0.248. The van der Waals surface area contributed by atoms with Crippen molar-refractivity contribution in [1.82, 2.24) is 0 Å². The Bertz CT molecular complexity index is 717. The molecule has 2 aliphatic carbocycles. The molecule has 6 heteroatoms. The molecule has 0 aromatic heterocycles.